The summed E-state index contributed by atoms with van der Waals surface area (Å²) in [7, 11) is 3.51. The van der Waals surface area contributed by atoms with Crippen molar-refractivity contribution in [2.75, 3.05) is 16.8 Å². The molecular formula is C31H35N7O4. The van der Waals surface area contributed by atoms with Crippen LogP contribution in [0.25, 0.3) is 11.1 Å². The fourth-order valence-electron chi connectivity index (χ4n) is 6.12. The topological polar surface area (TPSA) is 116 Å². The summed E-state index contributed by atoms with van der Waals surface area (Å²) in [5.41, 5.74) is 6.40. The summed E-state index contributed by atoms with van der Waals surface area (Å²) in [5.74, 6) is 0.421. The molecule has 1 amide bonds. The van der Waals surface area contributed by atoms with Gasteiger partial charge in [0.05, 0.1) is 0 Å². The Morgan fingerprint density at radius 2 is 1.90 bits per heavy atom. The summed E-state index contributed by atoms with van der Waals surface area (Å²) in [6.45, 7) is 8.81. The summed E-state index contributed by atoms with van der Waals surface area (Å²) < 4.78 is 10.8. The molecule has 0 radical (unpaired) electrons. The minimum atomic E-state index is -0.443. The number of anilines is 3. The van der Waals surface area contributed by atoms with Gasteiger partial charge < -0.3 is 19.2 Å². The number of rotatable bonds is 6. The van der Waals surface area contributed by atoms with Crippen LogP contribution >= 0.6 is 0 Å². The van der Waals surface area contributed by atoms with Gasteiger partial charge in [0, 0.05) is 75.1 Å². The van der Waals surface area contributed by atoms with Gasteiger partial charge in [0.2, 0.25) is 0 Å². The first-order valence-electron chi connectivity index (χ1n) is 14.0. The number of carbonyl (C=O) groups is 2. The molecule has 0 saturated heterocycles. The van der Waals surface area contributed by atoms with Crippen molar-refractivity contribution in [2.24, 2.45) is 19.5 Å². The second-order valence-electron chi connectivity index (χ2n) is 12.0. The second kappa shape index (κ2) is 10.0. The standard InChI is InChI=1S/C31H35N7O4/c1-18-11-27(34-36(18)6)33-24-12-21(16-35(5)29(24)40)22-7-8-32-28(23(22)17-42-19(2)39)38-10-9-37-25(30(38)41)13-20-14-31(3,4)15-26(20)37/h7-8,11-13,16H,9-10,14-15,17H2,1-6H3,(H,33,34). The first kappa shape index (κ1) is 27.5. The molecule has 0 fully saturated rings. The van der Waals surface area contributed by atoms with Crippen LogP contribution in [0.3, 0.4) is 0 Å². The van der Waals surface area contributed by atoms with Crippen molar-refractivity contribution < 1.29 is 14.3 Å². The van der Waals surface area contributed by atoms with Crippen molar-refractivity contribution >= 4 is 29.2 Å². The highest BCUT2D eigenvalue weighted by Gasteiger charge is 2.37. The Bertz CT molecular complexity index is 1790. The third-order valence-electron chi connectivity index (χ3n) is 8.20. The van der Waals surface area contributed by atoms with Crippen molar-refractivity contribution in [3.63, 3.8) is 0 Å². The maximum atomic E-state index is 13.9. The molecule has 11 nitrogen and oxygen atoms in total. The molecular weight excluding hydrogens is 534 g/mol. The lowest BCUT2D eigenvalue weighted by molar-refractivity contribution is -0.142. The number of fused-ring (bicyclic) bond motifs is 3. The lowest BCUT2D eigenvalue weighted by atomic mass is 9.90. The minimum absolute atomic E-state index is 0.0750. The van der Waals surface area contributed by atoms with Gasteiger partial charge in [-0.15, -0.1) is 0 Å². The Balaban J connectivity index is 1.41. The average molecular weight is 570 g/mol. The number of ether oxygens (including phenoxy) is 1. The van der Waals surface area contributed by atoms with E-state index in [1.54, 1.807) is 35.1 Å². The van der Waals surface area contributed by atoms with Crippen LogP contribution in [0.4, 0.5) is 17.3 Å². The number of carbonyl (C=O) groups excluding carboxylic acids is 2. The largest absolute Gasteiger partial charge is 0.461 e. The normalized spacial score (nSPS) is 15.5. The molecule has 1 aliphatic heterocycles. The lowest BCUT2D eigenvalue weighted by Gasteiger charge is -2.31. The van der Waals surface area contributed by atoms with Gasteiger partial charge in [-0.2, -0.15) is 5.10 Å². The number of pyridine rings is 2. The second-order valence-corrected chi connectivity index (χ2v) is 12.0. The number of aromatic nitrogens is 5. The van der Waals surface area contributed by atoms with Crippen LogP contribution in [0.1, 0.15) is 53.8 Å². The van der Waals surface area contributed by atoms with E-state index in [0.717, 1.165) is 18.5 Å². The van der Waals surface area contributed by atoms with Crippen molar-refractivity contribution in [1.29, 1.82) is 0 Å². The third-order valence-corrected chi connectivity index (χ3v) is 8.20. The van der Waals surface area contributed by atoms with E-state index in [9.17, 15) is 14.4 Å². The van der Waals surface area contributed by atoms with Crippen molar-refractivity contribution in [1.82, 2.24) is 23.9 Å². The smallest absolute Gasteiger partial charge is 0.302 e. The number of nitrogens with zero attached hydrogens (tertiary/aromatic N) is 6. The van der Waals surface area contributed by atoms with Crippen LogP contribution in [0.15, 0.2) is 41.5 Å². The molecule has 0 unspecified atom stereocenters. The van der Waals surface area contributed by atoms with E-state index in [4.69, 9.17) is 4.74 Å². The highest BCUT2D eigenvalue weighted by Crippen LogP contribution is 2.40. The Kier molecular flexibility index (Phi) is 6.55. The molecule has 2 aliphatic rings. The van der Waals surface area contributed by atoms with E-state index in [-0.39, 0.29) is 23.5 Å². The maximum Gasteiger partial charge on any atom is 0.302 e. The molecule has 0 spiro atoms. The lowest BCUT2D eigenvalue weighted by Crippen LogP contribution is -2.41. The summed E-state index contributed by atoms with van der Waals surface area (Å²) in [6.07, 6.45) is 5.26. The fraction of sp³-hybridized carbons (Fsp3) is 0.387. The molecule has 42 heavy (non-hydrogen) atoms. The molecule has 0 bridgehead atoms. The van der Waals surface area contributed by atoms with Crippen LogP contribution < -0.4 is 15.8 Å². The van der Waals surface area contributed by atoms with E-state index in [1.807, 2.05) is 32.2 Å². The quantitative estimate of drug-likeness (QED) is 0.350. The Hall–Kier alpha value is -4.67. The zero-order chi connectivity index (χ0) is 29.9. The monoisotopic (exact) mass is 569 g/mol. The number of aryl methyl sites for hydroxylation is 3. The Morgan fingerprint density at radius 3 is 2.62 bits per heavy atom. The number of hydrogen-bond acceptors (Lipinski definition) is 7. The summed E-state index contributed by atoms with van der Waals surface area (Å²) in [5, 5.41) is 7.56. The van der Waals surface area contributed by atoms with E-state index in [1.165, 1.54) is 22.7 Å². The van der Waals surface area contributed by atoms with E-state index in [2.05, 4.69) is 33.8 Å². The van der Waals surface area contributed by atoms with E-state index >= 15 is 0 Å². The Morgan fingerprint density at radius 1 is 1.12 bits per heavy atom. The van der Waals surface area contributed by atoms with Gasteiger partial charge in [0.25, 0.3) is 11.5 Å². The predicted molar refractivity (Wildman–Crippen MR) is 159 cm³/mol. The molecule has 218 valence electrons. The molecule has 1 aliphatic carbocycles. The highest BCUT2D eigenvalue weighted by molar-refractivity contribution is 6.06. The summed E-state index contributed by atoms with van der Waals surface area (Å²) >= 11 is 0. The number of hydrogen-bond donors (Lipinski definition) is 1. The van der Waals surface area contributed by atoms with Gasteiger partial charge in [-0.3, -0.25) is 24.0 Å². The van der Waals surface area contributed by atoms with E-state index in [0.29, 0.717) is 52.8 Å². The van der Waals surface area contributed by atoms with Crippen molar-refractivity contribution in [3.05, 3.63) is 75.2 Å². The summed E-state index contributed by atoms with van der Waals surface area (Å²) in [6, 6.07) is 7.44. The SMILES string of the molecule is CC(=O)OCc1c(-c2cc(Nc3cc(C)n(C)n3)c(=O)n(C)c2)ccnc1N1CCn2c(cc3c2CC(C)(C)C3)C1=O. The molecule has 6 rings (SSSR count). The molecule has 0 atom stereocenters. The van der Waals surface area contributed by atoms with Gasteiger partial charge in [-0.1, -0.05) is 13.8 Å². The molecule has 0 aromatic carbocycles. The maximum absolute atomic E-state index is 13.9. The van der Waals surface area contributed by atoms with Gasteiger partial charge in [0.15, 0.2) is 5.82 Å². The van der Waals surface area contributed by atoms with Crippen LogP contribution in [-0.4, -0.2) is 42.3 Å². The van der Waals surface area contributed by atoms with Crippen LogP contribution in [-0.2, 0) is 49.6 Å². The molecule has 4 aromatic heterocycles. The van der Waals surface area contributed by atoms with Gasteiger partial charge in [0.1, 0.15) is 23.8 Å². The molecule has 4 aromatic rings. The molecule has 1 N–H and O–H groups in total. The Labute approximate surface area is 243 Å². The van der Waals surface area contributed by atoms with Crippen LogP contribution in [0, 0.1) is 12.3 Å². The van der Waals surface area contributed by atoms with Crippen molar-refractivity contribution in [3.8, 4) is 11.1 Å². The van der Waals surface area contributed by atoms with Gasteiger partial charge in [-0.05, 0) is 54.5 Å². The zero-order valence-corrected chi connectivity index (χ0v) is 24.8. The highest BCUT2D eigenvalue weighted by atomic mass is 16.5. The molecule has 5 heterocycles. The first-order chi connectivity index (χ1) is 19.9. The predicted octanol–water partition coefficient (Wildman–Crippen LogP) is 3.88. The van der Waals surface area contributed by atoms with Crippen LogP contribution in [0.5, 0.6) is 0 Å². The van der Waals surface area contributed by atoms with E-state index < -0.39 is 5.97 Å². The number of esters is 1. The molecule has 11 heteroatoms. The van der Waals surface area contributed by atoms with Gasteiger partial charge >= 0.3 is 5.97 Å². The molecule has 0 saturated carbocycles. The van der Waals surface area contributed by atoms with Crippen LogP contribution in [0.2, 0.25) is 0 Å². The summed E-state index contributed by atoms with van der Waals surface area (Å²) in [4.78, 5) is 45.2. The third kappa shape index (κ3) is 4.78. The zero-order valence-electron chi connectivity index (χ0n) is 24.8. The fourth-order valence-corrected chi connectivity index (χ4v) is 6.12. The minimum Gasteiger partial charge on any atom is -0.461 e. The average Bonchev–Trinajstić information content (AvgIpc) is 3.53. The van der Waals surface area contributed by atoms with Gasteiger partial charge in [-0.25, -0.2) is 4.98 Å². The number of nitrogens with one attached hydrogen (secondary N) is 1. The van der Waals surface area contributed by atoms with Crippen molar-refractivity contribution in [2.45, 2.75) is 53.7 Å². The number of amides is 1. The first-order valence-corrected chi connectivity index (χ1v) is 14.0.